The molecule has 1 amide bonds. The Bertz CT molecular complexity index is 752. The van der Waals surface area contributed by atoms with E-state index in [1.807, 2.05) is 0 Å². The molecule has 0 aliphatic rings. The van der Waals surface area contributed by atoms with E-state index in [9.17, 15) is 14.9 Å². The first-order valence-corrected chi connectivity index (χ1v) is 6.78. The van der Waals surface area contributed by atoms with Gasteiger partial charge >= 0.3 is 5.69 Å². The number of nitrogens with zero attached hydrogens (tertiary/aromatic N) is 2. The van der Waals surface area contributed by atoms with Crippen LogP contribution in [0.1, 0.15) is 10.4 Å². The molecule has 23 heavy (non-hydrogen) atoms. The van der Waals surface area contributed by atoms with Crippen molar-refractivity contribution in [2.45, 2.75) is 0 Å². The van der Waals surface area contributed by atoms with Gasteiger partial charge in [0.15, 0.2) is 10.9 Å². The molecular formula is C14H12N4O4S. The number of pyridine rings is 1. The van der Waals surface area contributed by atoms with Gasteiger partial charge in [0, 0.05) is 17.8 Å². The van der Waals surface area contributed by atoms with Gasteiger partial charge in [0.05, 0.1) is 12.0 Å². The van der Waals surface area contributed by atoms with E-state index in [0.29, 0.717) is 5.82 Å². The second-order valence-corrected chi connectivity index (χ2v) is 4.68. The standard InChI is InChI=1S/C14H12N4O4S/c1-22-11-6-5-9(8-10(11)18(20)21)13(19)17-14(23)16-12-4-2-3-7-15-12/h2-8H,1H3,(H2,15,16,17,19,23). The number of nitro groups is 1. The number of methoxy groups -OCH3 is 1. The molecular weight excluding hydrogens is 320 g/mol. The van der Waals surface area contributed by atoms with Crippen LogP contribution in [0, 0.1) is 10.1 Å². The zero-order valence-corrected chi connectivity index (χ0v) is 12.8. The van der Waals surface area contributed by atoms with E-state index in [0.717, 1.165) is 6.07 Å². The third-order valence-corrected chi connectivity index (χ3v) is 2.98. The number of thiocarbonyl (C=S) groups is 1. The van der Waals surface area contributed by atoms with Gasteiger partial charge in [-0.15, -0.1) is 0 Å². The highest BCUT2D eigenvalue weighted by Gasteiger charge is 2.18. The van der Waals surface area contributed by atoms with E-state index < -0.39 is 10.8 Å². The Hall–Kier alpha value is -3.07. The Balaban J connectivity index is 2.10. The lowest BCUT2D eigenvalue weighted by Gasteiger charge is -2.09. The molecule has 1 aromatic carbocycles. The maximum Gasteiger partial charge on any atom is 0.311 e. The second kappa shape index (κ2) is 7.27. The number of anilines is 1. The number of benzene rings is 1. The average molecular weight is 332 g/mol. The predicted molar refractivity (Wildman–Crippen MR) is 87.6 cm³/mol. The van der Waals surface area contributed by atoms with Crippen LogP contribution in [0.2, 0.25) is 0 Å². The number of hydrogen-bond acceptors (Lipinski definition) is 6. The van der Waals surface area contributed by atoms with Crippen LogP contribution in [-0.4, -0.2) is 28.0 Å². The molecule has 0 atom stereocenters. The third kappa shape index (κ3) is 4.20. The Kier molecular flexibility index (Phi) is 5.15. The molecule has 0 aliphatic heterocycles. The monoisotopic (exact) mass is 332 g/mol. The molecule has 2 N–H and O–H groups in total. The van der Waals surface area contributed by atoms with Gasteiger partial charge in [-0.05, 0) is 36.5 Å². The summed E-state index contributed by atoms with van der Waals surface area (Å²) in [6.07, 6.45) is 1.57. The van der Waals surface area contributed by atoms with Crippen LogP contribution in [0.15, 0.2) is 42.6 Å². The normalized spacial score (nSPS) is 9.78. The third-order valence-electron chi connectivity index (χ3n) is 2.77. The number of nitro benzene ring substituents is 1. The van der Waals surface area contributed by atoms with Crippen LogP contribution in [0.25, 0.3) is 0 Å². The molecule has 0 saturated heterocycles. The van der Waals surface area contributed by atoms with Crippen molar-refractivity contribution in [1.82, 2.24) is 10.3 Å². The molecule has 1 aromatic heterocycles. The first-order valence-electron chi connectivity index (χ1n) is 6.37. The molecule has 8 nitrogen and oxygen atoms in total. The number of amides is 1. The first-order chi connectivity index (χ1) is 11.0. The number of aromatic nitrogens is 1. The van der Waals surface area contributed by atoms with E-state index in [-0.39, 0.29) is 22.1 Å². The summed E-state index contributed by atoms with van der Waals surface area (Å²) in [6, 6.07) is 9.05. The molecule has 2 aromatic rings. The van der Waals surface area contributed by atoms with Crippen molar-refractivity contribution in [2.24, 2.45) is 0 Å². The molecule has 9 heteroatoms. The van der Waals surface area contributed by atoms with E-state index in [4.69, 9.17) is 17.0 Å². The number of carbonyl (C=O) groups is 1. The molecule has 1 heterocycles. The number of carbonyl (C=O) groups excluding carboxylic acids is 1. The zero-order valence-electron chi connectivity index (χ0n) is 12.0. The Morgan fingerprint density at radius 2 is 2.13 bits per heavy atom. The number of hydrogen-bond donors (Lipinski definition) is 2. The summed E-state index contributed by atoms with van der Waals surface area (Å²) in [7, 11) is 1.31. The van der Waals surface area contributed by atoms with Gasteiger partial charge in [0.1, 0.15) is 5.82 Å². The highest BCUT2D eigenvalue weighted by molar-refractivity contribution is 7.80. The summed E-state index contributed by atoms with van der Waals surface area (Å²) in [4.78, 5) is 26.4. The molecule has 0 aliphatic carbocycles. The summed E-state index contributed by atoms with van der Waals surface area (Å²) in [5, 5.41) is 16.2. The fraction of sp³-hybridized carbons (Fsp3) is 0.0714. The van der Waals surface area contributed by atoms with Crippen LogP contribution < -0.4 is 15.4 Å². The number of nitrogens with one attached hydrogen (secondary N) is 2. The molecule has 118 valence electrons. The zero-order chi connectivity index (χ0) is 16.8. The summed E-state index contributed by atoms with van der Waals surface area (Å²) in [6.45, 7) is 0. The lowest BCUT2D eigenvalue weighted by atomic mass is 10.2. The molecule has 0 fully saturated rings. The predicted octanol–water partition coefficient (Wildman–Crippen LogP) is 2.13. The molecule has 0 radical (unpaired) electrons. The number of ether oxygens (including phenoxy) is 1. The topological polar surface area (TPSA) is 106 Å². The maximum absolute atomic E-state index is 12.1. The minimum atomic E-state index is -0.625. The van der Waals surface area contributed by atoms with E-state index in [1.54, 1.807) is 24.4 Å². The van der Waals surface area contributed by atoms with E-state index >= 15 is 0 Å². The Morgan fingerprint density at radius 3 is 2.74 bits per heavy atom. The minimum absolute atomic E-state index is 0.0344. The van der Waals surface area contributed by atoms with Crippen LogP contribution >= 0.6 is 12.2 Å². The summed E-state index contributed by atoms with van der Waals surface area (Å²) in [5.74, 6) is -0.0385. The summed E-state index contributed by atoms with van der Waals surface area (Å²) < 4.78 is 4.88. The highest BCUT2D eigenvalue weighted by Crippen LogP contribution is 2.27. The van der Waals surface area contributed by atoms with Crippen molar-refractivity contribution >= 4 is 34.7 Å². The van der Waals surface area contributed by atoms with Gasteiger partial charge in [0.2, 0.25) is 0 Å². The smallest absolute Gasteiger partial charge is 0.311 e. The summed E-state index contributed by atoms with van der Waals surface area (Å²) >= 11 is 5.00. The second-order valence-electron chi connectivity index (χ2n) is 4.27. The van der Waals surface area contributed by atoms with Crippen LogP contribution in [0.3, 0.4) is 0 Å². The SMILES string of the molecule is COc1ccc(C(=O)NC(=S)Nc2ccccn2)cc1[N+](=O)[O-]. The molecule has 0 saturated carbocycles. The maximum atomic E-state index is 12.1. The van der Waals surface area contributed by atoms with Crippen molar-refractivity contribution in [3.05, 3.63) is 58.3 Å². The summed E-state index contributed by atoms with van der Waals surface area (Å²) in [5.41, 5.74) is -0.216. The fourth-order valence-electron chi connectivity index (χ4n) is 1.73. The van der Waals surface area contributed by atoms with Gasteiger partial charge in [-0.2, -0.15) is 0 Å². The highest BCUT2D eigenvalue weighted by atomic mass is 32.1. The van der Waals surface area contributed by atoms with Crippen LogP contribution in [0.4, 0.5) is 11.5 Å². The average Bonchev–Trinajstić information content (AvgIpc) is 2.54. The Labute approximate surface area is 136 Å². The van der Waals surface area contributed by atoms with Crippen molar-refractivity contribution < 1.29 is 14.5 Å². The van der Waals surface area contributed by atoms with Gasteiger partial charge < -0.3 is 10.1 Å². The number of rotatable bonds is 4. The largest absolute Gasteiger partial charge is 0.490 e. The molecule has 0 unspecified atom stereocenters. The fourth-order valence-corrected chi connectivity index (χ4v) is 1.93. The molecule has 2 rings (SSSR count). The van der Waals surface area contributed by atoms with Crippen molar-refractivity contribution in [3.63, 3.8) is 0 Å². The quantitative estimate of drug-likeness (QED) is 0.502. The van der Waals surface area contributed by atoms with Crippen LogP contribution in [-0.2, 0) is 0 Å². The van der Waals surface area contributed by atoms with E-state index in [2.05, 4.69) is 15.6 Å². The van der Waals surface area contributed by atoms with Crippen LogP contribution in [0.5, 0.6) is 5.75 Å². The lowest BCUT2D eigenvalue weighted by Crippen LogP contribution is -2.34. The van der Waals surface area contributed by atoms with Crippen molar-refractivity contribution in [3.8, 4) is 5.75 Å². The van der Waals surface area contributed by atoms with E-state index in [1.165, 1.54) is 19.2 Å². The van der Waals surface area contributed by atoms with Crippen molar-refractivity contribution in [1.29, 1.82) is 0 Å². The Morgan fingerprint density at radius 1 is 1.35 bits per heavy atom. The van der Waals surface area contributed by atoms with Crippen molar-refractivity contribution in [2.75, 3.05) is 12.4 Å². The van der Waals surface area contributed by atoms with Gasteiger partial charge in [-0.1, -0.05) is 6.07 Å². The molecule has 0 bridgehead atoms. The lowest BCUT2D eigenvalue weighted by molar-refractivity contribution is -0.385. The van der Waals surface area contributed by atoms with Gasteiger partial charge in [0.25, 0.3) is 5.91 Å². The van der Waals surface area contributed by atoms with Gasteiger partial charge in [-0.25, -0.2) is 4.98 Å². The first kappa shape index (κ1) is 16.3. The molecule has 0 spiro atoms. The minimum Gasteiger partial charge on any atom is -0.490 e. The van der Waals surface area contributed by atoms with Gasteiger partial charge in [-0.3, -0.25) is 20.2 Å².